The van der Waals surface area contributed by atoms with Crippen molar-refractivity contribution >= 4 is 0 Å². The summed E-state index contributed by atoms with van der Waals surface area (Å²) in [5, 5.41) is 10.5. The molecule has 2 unspecified atom stereocenters. The van der Waals surface area contributed by atoms with Gasteiger partial charge in [0.2, 0.25) is 13.6 Å². The van der Waals surface area contributed by atoms with Crippen molar-refractivity contribution < 1.29 is 24.1 Å². The number of aliphatic hydroxyl groups is 1. The number of hydrogen-bond acceptors (Lipinski definition) is 6. The lowest BCUT2D eigenvalue weighted by Gasteiger charge is -2.20. The van der Waals surface area contributed by atoms with E-state index in [-0.39, 0.29) is 13.6 Å². The molecule has 3 N–H and O–H groups in total. The van der Waals surface area contributed by atoms with E-state index >= 15 is 0 Å². The van der Waals surface area contributed by atoms with Gasteiger partial charge in [0.25, 0.3) is 0 Å². The summed E-state index contributed by atoms with van der Waals surface area (Å²) in [6.45, 7) is 0.405. The molecule has 0 aromatic heterocycles. The van der Waals surface area contributed by atoms with Gasteiger partial charge in [0.05, 0.1) is 12.1 Å². The van der Waals surface area contributed by atoms with E-state index < -0.39 is 12.1 Å². The highest BCUT2D eigenvalue weighted by molar-refractivity contribution is 5.47. The maximum absolute atomic E-state index is 10.5. The van der Waals surface area contributed by atoms with Gasteiger partial charge in [-0.05, 0) is 35.4 Å². The van der Waals surface area contributed by atoms with Crippen LogP contribution in [0.15, 0.2) is 36.4 Å². The second-order valence-corrected chi connectivity index (χ2v) is 5.20. The summed E-state index contributed by atoms with van der Waals surface area (Å²) in [4.78, 5) is 0. The van der Waals surface area contributed by atoms with Crippen LogP contribution in [0.25, 0.3) is 0 Å². The van der Waals surface area contributed by atoms with Crippen LogP contribution >= 0.6 is 0 Å². The smallest absolute Gasteiger partial charge is 0.231 e. The van der Waals surface area contributed by atoms with Crippen molar-refractivity contribution in [3.63, 3.8) is 0 Å². The Labute approximate surface area is 127 Å². The van der Waals surface area contributed by atoms with Gasteiger partial charge in [0, 0.05) is 0 Å². The third-order valence-electron chi connectivity index (χ3n) is 3.86. The zero-order chi connectivity index (χ0) is 15.1. The Bertz CT molecular complexity index is 656. The quantitative estimate of drug-likeness (QED) is 0.900. The predicted octanol–water partition coefficient (Wildman–Crippen LogP) is 1.88. The Balaban J connectivity index is 1.60. The van der Waals surface area contributed by atoms with Gasteiger partial charge in [-0.15, -0.1) is 0 Å². The van der Waals surface area contributed by atoms with Gasteiger partial charge in [-0.1, -0.05) is 12.1 Å². The Morgan fingerprint density at radius 1 is 0.773 bits per heavy atom. The molecule has 2 aromatic rings. The average molecular weight is 301 g/mol. The molecule has 0 saturated carbocycles. The van der Waals surface area contributed by atoms with E-state index in [1.54, 1.807) is 30.3 Å². The molecule has 2 aliphatic heterocycles. The Morgan fingerprint density at radius 3 is 1.91 bits per heavy atom. The molecule has 0 amide bonds. The highest BCUT2D eigenvalue weighted by atomic mass is 16.7. The minimum atomic E-state index is -0.866. The molecule has 0 aliphatic carbocycles. The largest absolute Gasteiger partial charge is 0.454 e. The first-order valence-corrected chi connectivity index (χ1v) is 6.95. The van der Waals surface area contributed by atoms with Crippen molar-refractivity contribution in [3.05, 3.63) is 47.5 Å². The van der Waals surface area contributed by atoms with Crippen LogP contribution in [0.3, 0.4) is 0 Å². The fourth-order valence-electron chi connectivity index (χ4n) is 2.61. The lowest BCUT2D eigenvalue weighted by molar-refractivity contribution is 0.146. The highest BCUT2D eigenvalue weighted by Crippen LogP contribution is 2.39. The standard InChI is InChI=1S/C16H15NO5/c17-15(9-1-3-11-13(5-9)21-7-19-11)16(18)10-2-4-12-14(6-10)22-8-20-12/h1-6,15-16,18H,7-8,17H2. The molecule has 2 aliphatic rings. The summed E-state index contributed by atoms with van der Waals surface area (Å²) < 4.78 is 21.2. The monoisotopic (exact) mass is 301 g/mol. The first kappa shape index (κ1) is 13.2. The summed E-state index contributed by atoms with van der Waals surface area (Å²) in [7, 11) is 0. The minimum Gasteiger partial charge on any atom is -0.454 e. The molecule has 2 atom stereocenters. The van der Waals surface area contributed by atoms with Crippen LogP contribution in [-0.2, 0) is 0 Å². The summed E-state index contributed by atoms with van der Waals surface area (Å²) in [5.74, 6) is 2.63. The average Bonchev–Trinajstić information content (AvgIpc) is 3.20. The Kier molecular flexibility index (Phi) is 3.06. The van der Waals surface area contributed by atoms with Crippen LogP contribution < -0.4 is 24.7 Å². The first-order valence-electron chi connectivity index (χ1n) is 6.95. The number of fused-ring (bicyclic) bond motifs is 2. The van der Waals surface area contributed by atoms with Crippen LogP contribution in [0.5, 0.6) is 23.0 Å². The van der Waals surface area contributed by atoms with Gasteiger partial charge in [-0.2, -0.15) is 0 Å². The maximum atomic E-state index is 10.5. The molecule has 22 heavy (non-hydrogen) atoms. The van der Waals surface area contributed by atoms with Gasteiger partial charge in [0.15, 0.2) is 23.0 Å². The Morgan fingerprint density at radius 2 is 1.27 bits per heavy atom. The SMILES string of the molecule is NC(c1ccc2c(c1)OCO2)C(O)c1ccc2c(c1)OCO2. The number of benzene rings is 2. The zero-order valence-corrected chi connectivity index (χ0v) is 11.7. The minimum absolute atomic E-state index is 0.198. The van der Waals surface area contributed by atoms with Crippen molar-refractivity contribution in [2.24, 2.45) is 5.73 Å². The first-order chi connectivity index (χ1) is 10.7. The van der Waals surface area contributed by atoms with E-state index in [0.29, 0.717) is 28.6 Å². The third-order valence-corrected chi connectivity index (χ3v) is 3.86. The van der Waals surface area contributed by atoms with Crippen molar-refractivity contribution in [3.8, 4) is 23.0 Å². The number of ether oxygens (including phenoxy) is 4. The van der Waals surface area contributed by atoms with Gasteiger partial charge < -0.3 is 29.8 Å². The molecular formula is C16H15NO5. The number of rotatable bonds is 3. The summed E-state index contributed by atoms with van der Waals surface area (Å²) in [6, 6.07) is 10.1. The lowest BCUT2D eigenvalue weighted by atomic mass is 9.96. The highest BCUT2D eigenvalue weighted by Gasteiger charge is 2.24. The maximum Gasteiger partial charge on any atom is 0.231 e. The topological polar surface area (TPSA) is 83.2 Å². The van der Waals surface area contributed by atoms with E-state index in [1.165, 1.54) is 0 Å². The van der Waals surface area contributed by atoms with Crippen LogP contribution in [0.1, 0.15) is 23.3 Å². The summed E-state index contributed by atoms with van der Waals surface area (Å²) >= 11 is 0. The van der Waals surface area contributed by atoms with E-state index in [1.807, 2.05) is 6.07 Å². The third kappa shape index (κ3) is 2.13. The van der Waals surface area contributed by atoms with Crippen molar-refractivity contribution in [2.75, 3.05) is 13.6 Å². The van der Waals surface area contributed by atoms with E-state index in [2.05, 4.69) is 0 Å². The van der Waals surface area contributed by atoms with Gasteiger partial charge >= 0.3 is 0 Å². The molecule has 0 radical (unpaired) electrons. The molecule has 114 valence electrons. The fraction of sp³-hybridized carbons (Fsp3) is 0.250. The molecule has 6 nitrogen and oxygen atoms in total. The molecule has 4 rings (SSSR count). The van der Waals surface area contributed by atoms with Crippen molar-refractivity contribution in [1.29, 1.82) is 0 Å². The molecule has 2 heterocycles. The lowest BCUT2D eigenvalue weighted by Crippen LogP contribution is -2.19. The van der Waals surface area contributed by atoms with Crippen molar-refractivity contribution in [2.45, 2.75) is 12.1 Å². The van der Waals surface area contributed by atoms with Crippen LogP contribution in [-0.4, -0.2) is 18.7 Å². The molecule has 2 aromatic carbocycles. The van der Waals surface area contributed by atoms with E-state index in [4.69, 9.17) is 24.7 Å². The molecule has 0 saturated heterocycles. The van der Waals surface area contributed by atoms with Crippen molar-refractivity contribution in [1.82, 2.24) is 0 Å². The number of aliphatic hydroxyl groups excluding tert-OH is 1. The molecule has 6 heteroatoms. The molecule has 0 fully saturated rings. The normalized spacial score (nSPS) is 17.4. The zero-order valence-electron chi connectivity index (χ0n) is 11.7. The molecular weight excluding hydrogens is 286 g/mol. The second kappa shape index (κ2) is 5.08. The fourth-order valence-corrected chi connectivity index (χ4v) is 2.61. The van der Waals surface area contributed by atoms with Gasteiger partial charge in [0.1, 0.15) is 0 Å². The van der Waals surface area contributed by atoms with Crippen LogP contribution in [0, 0.1) is 0 Å². The number of hydrogen-bond donors (Lipinski definition) is 2. The summed E-state index contributed by atoms with van der Waals surface area (Å²) in [5.41, 5.74) is 7.64. The Hall–Kier alpha value is -2.44. The van der Waals surface area contributed by atoms with E-state index in [9.17, 15) is 5.11 Å². The van der Waals surface area contributed by atoms with Gasteiger partial charge in [-0.25, -0.2) is 0 Å². The second-order valence-electron chi connectivity index (χ2n) is 5.20. The van der Waals surface area contributed by atoms with Gasteiger partial charge in [-0.3, -0.25) is 0 Å². The summed E-state index contributed by atoms with van der Waals surface area (Å²) in [6.07, 6.45) is -0.866. The molecule has 0 bridgehead atoms. The molecule has 0 spiro atoms. The van der Waals surface area contributed by atoms with Crippen LogP contribution in [0.4, 0.5) is 0 Å². The predicted molar refractivity (Wildman–Crippen MR) is 77.0 cm³/mol. The number of nitrogens with two attached hydrogens (primary N) is 1. The van der Waals surface area contributed by atoms with Crippen LogP contribution in [0.2, 0.25) is 0 Å². The van der Waals surface area contributed by atoms with E-state index in [0.717, 1.165) is 5.56 Å².